The third kappa shape index (κ3) is 2.80. The normalized spacial score (nSPS) is 11.2. The molecule has 0 aliphatic heterocycles. The van der Waals surface area contributed by atoms with Crippen LogP contribution < -0.4 is 11.5 Å². The summed E-state index contributed by atoms with van der Waals surface area (Å²) in [6.45, 7) is 0. The van der Waals surface area contributed by atoms with Gasteiger partial charge in [-0.05, 0) is 35.4 Å². The summed E-state index contributed by atoms with van der Waals surface area (Å²) in [6, 6.07) is 11.1. The van der Waals surface area contributed by atoms with Crippen molar-refractivity contribution in [2.24, 2.45) is 5.73 Å². The van der Waals surface area contributed by atoms with Gasteiger partial charge in [-0.25, -0.2) is 8.42 Å². The van der Waals surface area contributed by atoms with E-state index in [1.807, 2.05) is 0 Å². The zero-order valence-corrected chi connectivity index (χ0v) is 11.6. The fourth-order valence-electron chi connectivity index (χ4n) is 1.91. The topological polar surface area (TPSA) is 103 Å². The van der Waals surface area contributed by atoms with E-state index in [2.05, 4.69) is 0 Å². The average Bonchev–Trinajstić information content (AvgIpc) is 2.37. The van der Waals surface area contributed by atoms with Gasteiger partial charge in [0.15, 0.2) is 9.84 Å². The van der Waals surface area contributed by atoms with Gasteiger partial charge in [-0.1, -0.05) is 18.2 Å². The Morgan fingerprint density at radius 2 is 1.80 bits per heavy atom. The summed E-state index contributed by atoms with van der Waals surface area (Å²) in [7, 11) is -3.32. The minimum Gasteiger partial charge on any atom is -0.399 e. The van der Waals surface area contributed by atoms with Gasteiger partial charge in [0, 0.05) is 17.5 Å². The van der Waals surface area contributed by atoms with E-state index in [-0.39, 0.29) is 10.5 Å². The van der Waals surface area contributed by atoms with E-state index in [0.717, 1.165) is 6.26 Å². The molecule has 5 nitrogen and oxygen atoms in total. The number of amides is 1. The van der Waals surface area contributed by atoms with Gasteiger partial charge in [-0.15, -0.1) is 0 Å². The van der Waals surface area contributed by atoms with E-state index in [1.54, 1.807) is 24.3 Å². The van der Waals surface area contributed by atoms with Crippen LogP contribution in [-0.2, 0) is 9.84 Å². The first-order valence-electron chi connectivity index (χ1n) is 5.79. The lowest BCUT2D eigenvalue weighted by atomic mass is 9.99. The van der Waals surface area contributed by atoms with Crippen LogP contribution in [0.2, 0.25) is 0 Å². The maximum Gasteiger partial charge on any atom is 0.249 e. The molecular formula is C14H14N2O3S. The second-order valence-electron chi connectivity index (χ2n) is 4.47. The molecule has 0 saturated carbocycles. The highest BCUT2D eigenvalue weighted by Crippen LogP contribution is 2.27. The maximum atomic E-state index is 11.6. The minimum absolute atomic E-state index is 0.183. The van der Waals surface area contributed by atoms with Gasteiger partial charge in [-0.3, -0.25) is 4.79 Å². The van der Waals surface area contributed by atoms with E-state index >= 15 is 0 Å². The molecule has 0 bridgehead atoms. The van der Waals surface area contributed by atoms with Gasteiger partial charge in [0.1, 0.15) is 0 Å². The van der Waals surface area contributed by atoms with E-state index < -0.39 is 15.7 Å². The number of carbonyl (C=O) groups excluding carboxylic acids is 1. The summed E-state index contributed by atoms with van der Waals surface area (Å²) in [5.74, 6) is -0.614. The fraction of sp³-hybridized carbons (Fsp3) is 0.0714. The number of rotatable bonds is 3. The van der Waals surface area contributed by atoms with E-state index in [9.17, 15) is 13.2 Å². The highest BCUT2D eigenvalue weighted by Gasteiger charge is 2.13. The average molecular weight is 290 g/mol. The smallest absolute Gasteiger partial charge is 0.249 e. The Labute approximate surface area is 117 Å². The van der Waals surface area contributed by atoms with Gasteiger partial charge in [0.05, 0.1) is 4.90 Å². The van der Waals surface area contributed by atoms with Crippen molar-refractivity contribution in [1.82, 2.24) is 0 Å². The van der Waals surface area contributed by atoms with Crippen molar-refractivity contribution < 1.29 is 13.2 Å². The van der Waals surface area contributed by atoms with Crippen LogP contribution in [0.15, 0.2) is 47.4 Å². The predicted octanol–water partition coefficient (Wildman–Crippen LogP) is 1.44. The van der Waals surface area contributed by atoms with Gasteiger partial charge in [0.2, 0.25) is 5.91 Å². The van der Waals surface area contributed by atoms with Crippen molar-refractivity contribution in [3.8, 4) is 11.1 Å². The molecule has 0 radical (unpaired) electrons. The molecule has 0 unspecified atom stereocenters. The van der Waals surface area contributed by atoms with Crippen molar-refractivity contribution >= 4 is 21.4 Å². The van der Waals surface area contributed by atoms with Gasteiger partial charge < -0.3 is 11.5 Å². The number of primary amides is 1. The lowest BCUT2D eigenvalue weighted by Crippen LogP contribution is -2.13. The number of carbonyl (C=O) groups is 1. The monoisotopic (exact) mass is 290 g/mol. The van der Waals surface area contributed by atoms with Crippen LogP contribution in [0.25, 0.3) is 11.1 Å². The number of hydrogen-bond donors (Lipinski definition) is 2. The molecule has 1 amide bonds. The second-order valence-corrected chi connectivity index (χ2v) is 6.49. The summed E-state index contributed by atoms with van der Waals surface area (Å²) in [6.07, 6.45) is 1.13. The molecule has 0 heterocycles. The molecule has 2 aromatic carbocycles. The number of nitrogens with two attached hydrogens (primary N) is 2. The number of sulfone groups is 1. The van der Waals surface area contributed by atoms with Crippen LogP contribution in [0, 0.1) is 0 Å². The van der Waals surface area contributed by atoms with Gasteiger partial charge in [-0.2, -0.15) is 0 Å². The second kappa shape index (κ2) is 4.97. The van der Waals surface area contributed by atoms with Crippen LogP contribution in [0.4, 0.5) is 5.69 Å². The molecular weight excluding hydrogens is 276 g/mol. The van der Waals surface area contributed by atoms with Crippen LogP contribution >= 0.6 is 0 Å². The Bertz CT molecular complexity index is 783. The standard InChI is InChI=1S/C14H14N2O3S/c1-20(18,19)11-4-2-3-9(7-11)12-6-5-10(15)8-13(12)14(16)17/h2-8H,15H2,1H3,(H2,16,17). The van der Waals surface area contributed by atoms with Gasteiger partial charge in [0.25, 0.3) is 0 Å². The third-order valence-corrected chi connectivity index (χ3v) is 3.99. The fourth-order valence-corrected chi connectivity index (χ4v) is 2.58. The Morgan fingerprint density at radius 3 is 2.40 bits per heavy atom. The van der Waals surface area contributed by atoms with E-state index in [0.29, 0.717) is 16.8 Å². The van der Waals surface area contributed by atoms with Crippen molar-refractivity contribution in [3.05, 3.63) is 48.0 Å². The molecule has 6 heteroatoms. The summed E-state index contributed by atoms with van der Waals surface area (Å²) in [5.41, 5.74) is 12.8. The third-order valence-electron chi connectivity index (χ3n) is 2.88. The number of anilines is 1. The Balaban J connectivity index is 2.66. The minimum atomic E-state index is -3.32. The Kier molecular flexibility index (Phi) is 3.50. The largest absolute Gasteiger partial charge is 0.399 e. The molecule has 0 spiro atoms. The molecule has 0 atom stereocenters. The molecule has 0 fully saturated rings. The summed E-state index contributed by atoms with van der Waals surface area (Å²) in [5, 5.41) is 0. The predicted molar refractivity (Wildman–Crippen MR) is 77.9 cm³/mol. The van der Waals surface area contributed by atoms with Crippen LogP contribution in [-0.4, -0.2) is 20.6 Å². The number of nitrogen functional groups attached to an aromatic ring is 1. The molecule has 4 N–H and O–H groups in total. The number of benzene rings is 2. The Morgan fingerprint density at radius 1 is 1.10 bits per heavy atom. The zero-order valence-electron chi connectivity index (χ0n) is 10.8. The lowest BCUT2D eigenvalue weighted by molar-refractivity contribution is 0.100. The molecule has 0 aliphatic carbocycles. The maximum absolute atomic E-state index is 11.6. The molecule has 104 valence electrons. The van der Waals surface area contributed by atoms with Gasteiger partial charge >= 0.3 is 0 Å². The highest BCUT2D eigenvalue weighted by atomic mass is 32.2. The Hall–Kier alpha value is -2.34. The lowest BCUT2D eigenvalue weighted by Gasteiger charge is -2.09. The summed E-state index contributed by atoms with van der Waals surface area (Å²) in [4.78, 5) is 11.7. The first kappa shape index (κ1) is 14.1. The van der Waals surface area contributed by atoms with Crippen molar-refractivity contribution in [1.29, 1.82) is 0 Å². The van der Waals surface area contributed by atoms with E-state index in [1.165, 1.54) is 18.2 Å². The first-order valence-corrected chi connectivity index (χ1v) is 7.68. The molecule has 0 saturated heterocycles. The number of hydrogen-bond acceptors (Lipinski definition) is 4. The summed E-state index contributed by atoms with van der Waals surface area (Å²) < 4.78 is 23.2. The highest BCUT2D eigenvalue weighted by molar-refractivity contribution is 7.90. The molecule has 0 aromatic heterocycles. The van der Waals surface area contributed by atoms with Crippen LogP contribution in [0.1, 0.15) is 10.4 Å². The van der Waals surface area contributed by atoms with Crippen molar-refractivity contribution in [2.75, 3.05) is 12.0 Å². The van der Waals surface area contributed by atoms with E-state index in [4.69, 9.17) is 11.5 Å². The molecule has 2 rings (SSSR count). The van der Waals surface area contributed by atoms with Crippen molar-refractivity contribution in [2.45, 2.75) is 4.90 Å². The molecule has 20 heavy (non-hydrogen) atoms. The summed E-state index contributed by atoms with van der Waals surface area (Å²) >= 11 is 0. The van der Waals surface area contributed by atoms with Crippen LogP contribution in [0.3, 0.4) is 0 Å². The molecule has 0 aliphatic rings. The van der Waals surface area contributed by atoms with Crippen LogP contribution in [0.5, 0.6) is 0 Å². The first-order chi connectivity index (χ1) is 9.29. The molecule has 2 aromatic rings. The zero-order chi connectivity index (χ0) is 14.9. The van der Waals surface area contributed by atoms with Crippen molar-refractivity contribution in [3.63, 3.8) is 0 Å². The SMILES string of the molecule is CS(=O)(=O)c1cccc(-c2ccc(N)cc2C(N)=O)c1. The quantitative estimate of drug-likeness (QED) is 0.835.